The maximum absolute atomic E-state index is 11.2. The number of carbonyl (C=O) groups is 1. The van der Waals surface area contributed by atoms with Crippen molar-refractivity contribution in [3.05, 3.63) is 23.8 Å². The Hall–Kier alpha value is -1.75. The minimum atomic E-state index is -1.65. The van der Waals surface area contributed by atoms with Crippen LogP contribution in [-0.4, -0.2) is 26.4 Å². The fraction of sp³-hybridized carbons (Fsp3) is 0.462. The molecule has 5 heteroatoms. The highest BCUT2D eigenvalue weighted by atomic mass is 16.4. The molecule has 5 nitrogen and oxygen atoms in total. The van der Waals surface area contributed by atoms with Gasteiger partial charge in [0.1, 0.15) is 17.1 Å². The van der Waals surface area contributed by atoms with Crippen LogP contribution in [0.4, 0.5) is 0 Å². The van der Waals surface area contributed by atoms with Gasteiger partial charge in [0.05, 0.1) is 5.92 Å². The molecule has 0 spiro atoms. The first-order valence-electron chi connectivity index (χ1n) is 5.77. The number of benzene rings is 1. The van der Waals surface area contributed by atoms with Gasteiger partial charge in [-0.15, -0.1) is 0 Å². The van der Waals surface area contributed by atoms with E-state index >= 15 is 0 Å². The third-order valence-electron chi connectivity index (χ3n) is 3.04. The fourth-order valence-electron chi connectivity index (χ4n) is 2.02. The van der Waals surface area contributed by atoms with Crippen molar-refractivity contribution in [2.45, 2.75) is 32.3 Å². The molecule has 0 aliphatic carbocycles. The molecule has 0 radical (unpaired) electrons. The topological polar surface area (TPSA) is 98.0 Å². The van der Waals surface area contributed by atoms with Gasteiger partial charge in [-0.1, -0.05) is 13.3 Å². The maximum Gasteiger partial charge on any atom is 0.309 e. The first kappa shape index (κ1) is 14.3. The number of aliphatic carboxylic acids is 1. The predicted molar refractivity (Wildman–Crippen MR) is 65.4 cm³/mol. The van der Waals surface area contributed by atoms with Crippen molar-refractivity contribution in [2.24, 2.45) is 5.92 Å². The SMILES string of the molecule is CCCC(C(=O)O)C(C)(O)c1cc(O)cc(O)c1. The molecule has 0 heterocycles. The number of carboxylic acid groups (broad SMARTS) is 1. The monoisotopic (exact) mass is 254 g/mol. The molecule has 100 valence electrons. The Bertz CT molecular complexity index is 419. The van der Waals surface area contributed by atoms with Crippen molar-refractivity contribution >= 4 is 5.97 Å². The lowest BCUT2D eigenvalue weighted by molar-refractivity contribution is -0.152. The molecule has 4 N–H and O–H groups in total. The second-order valence-electron chi connectivity index (χ2n) is 4.57. The number of rotatable bonds is 5. The maximum atomic E-state index is 11.2. The summed E-state index contributed by atoms with van der Waals surface area (Å²) in [6, 6.07) is 3.63. The summed E-state index contributed by atoms with van der Waals surface area (Å²) in [5.74, 6) is -2.54. The Morgan fingerprint density at radius 2 is 1.78 bits per heavy atom. The molecule has 0 aliphatic rings. The Morgan fingerprint density at radius 3 is 2.17 bits per heavy atom. The predicted octanol–water partition coefficient (Wildman–Crippen LogP) is 1.81. The Labute approximate surface area is 105 Å². The van der Waals surface area contributed by atoms with Crippen LogP contribution in [0.1, 0.15) is 32.3 Å². The molecular formula is C13H18O5. The summed E-state index contributed by atoms with van der Waals surface area (Å²) in [6.45, 7) is 3.20. The van der Waals surface area contributed by atoms with Gasteiger partial charge in [0.25, 0.3) is 0 Å². The van der Waals surface area contributed by atoms with E-state index in [9.17, 15) is 20.1 Å². The summed E-state index contributed by atoms with van der Waals surface area (Å²) in [5.41, 5.74) is -1.47. The van der Waals surface area contributed by atoms with Gasteiger partial charge in [-0.25, -0.2) is 0 Å². The van der Waals surface area contributed by atoms with Crippen LogP contribution in [-0.2, 0) is 10.4 Å². The zero-order valence-corrected chi connectivity index (χ0v) is 10.4. The van der Waals surface area contributed by atoms with Gasteiger partial charge in [-0.3, -0.25) is 4.79 Å². The van der Waals surface area contributed by atoms with Crippen molar-refractivity contribution in [3.63, 3.8) is 0 Å². The van der Waals surface area contributed by atoms with E-state index in [1.165, 1.54) is 19.1 Å². The van der Waals surface area contributed by atoms with Crippen molar-refractivity contribution in [1.29, 1.82) is 0 Å². The van der Waals surface area contributed by atoms with Crippen molar-refractivity contribution in [3.8, 4) is 11.5 Å². The number of carboxylic acids is 1. The van der Waals surface area contributed by atoms with Gasteiger partial charge in [-0.2, -0.15) is 0 Å². The molecule has 0 saturated carbocycles. The molecule has 1 aromatic rings. The largest absolute Gasteiger partial charge is 0.508 e. The van der Waals surface area contributed by atoms with Gasteiger partial charge in [0, 0.05) is 6.07 Å². The van der Waals surface area contributed by atoms with Crippen LogP contribution < -0.4 is 0 Å². The normalized spacial score (nSPS) is 15.9. The first-order chi connectivity index (χ1) is 8.28. The molecule has 18 heavy (non-hydrogen) atoms. The smallest absolute Gasteiger partial charge is 0.309 e. The summed E-state index contributed by atoms with van der Waals surface area (Å²) in [6.07, 6.45) is 0.913. The highest BCUT2D eigenvalue weighted by molar-refractivity contribution is 5.72. The van der Waals surface area contributed by atoms with E-state index < -0.39 is 17.5 Å². The lowest BCUT2D eigenvalue weighted by Gasteiger charge is -2.30. The Morgan fingerprint density at radius 1 is 1.28 bits per heavy atom. The highest BCUT2D eigenvalue weighted by Gasteiger charge is 2.38. The molecule has 2 atom stereocenters. The van der Waals surface area contributed by atoms with E-state index in [1.807, 2.05) is 6.92 Å². The van der Waals surface area contributed by atoms with Crippen LogP contribution in [0.5, 0.6) is 11.5 Å². The average molecular weight is 254 g/mol. The van der Waals surface area contributed by atoms with E-state index in [2.05, 4.69) is 0 Å². The second-order valence-corrected chi connectivity index (χ2v) is 4.57. The van der Waals surface area contributed by atoms with E-state index in [0.717, 1.165) is 6.07 Å². The molecule has 0 amide bonds. The Kier molecular flexibility index (Phi) is 4.19. The van der Waals surface area contributed by atoms with E-state index in [0.29, 0.717) is 12.8 Å². The zero-order valence-electron chi connectivity index (χ0n) is 10.4. The minimum absolute atomic E-state index is 0.181. The molecule has 0 aliphatic heterocycles. The van der Waals surface area contributed by atoms with E-state index in [4.69, 9.17) is 5.11 Å². The number of phenolic OH excluding ortho intramolecular Hbond substituents is 2. The van der Waals surface area contributed by atoms with Crippen LogP contribution in [0, 0.1) is 5.92 Å². The number of aromatic hydroxyl groups is 2. The number of hydrogen-bond donors (Lipinski definition) is 4. The van der Waals surface area contributed by atoms with Crippen LogP contribution in [0.2, 0.25) is 0 Å². The van der Waals surface area contributed by atoms with Gasteiger partial charge >= 0.3 is 5.97 Å². The quantitative estimate of drug-likeness (QED) is 0.642. The number of hydrogen-bond acceptors (Lipinski definition) is 4. The number of phenols is 2. The molecule has 0 fully saturated rings. The van der Waals surface area contributed by atoms with E-state index in [-0.39, 0.29) is 17.1 Å². The first-order valence-corrected chi connectivity index (χ1v) is 5.77. The van der Waals surface area contributed by atoms with Crippen LogP contribution in [0.25, 0.3) is 0 Å². The standard InChI is InChI=1S/C13H18O5/c1-3-4-11(12(16)17)13(2,18)8-5-9(14)7-10(15)6-8/h5-7,11,14-15,18H,3-4H2,1-2H3,(H,16,17). The lowest BCUT2D eigenvalue weighted by atomic mass is 9.80. The van der Waals surface area contributed by atoms with Gasteiger partial charge in [0.2, 0.25) is 0 Å². The van der Waals surface area contributed by atoms with Crippen LogP contribution >= 0.6 is 0 Å². The highest BCUT2D eigenvalue weighted by Crippen LogP contribution is 2.36. The fourth-order valence-corrected chi connectivity index (χ4v) is 2.02. The molecule has 0 bridgehead atoms. The third kappa shape index (κ3) is 2.92. The van der Waals surface area contributed by atoms with Gasteiger partial charge < -0.3 is 20.4 Å². The molecule has 1 aromatic carbocycles. The van der Waals surface area contributed by atoms with E-state index in [1.54, 1.807) is 0 Å². The van der Waals surface area contributed by atoms with Crippen molar-refractivity contribution in [2.75, 3.05) is 0 Å². The van der Waals surface area contributed by atoms with Crippen molar-refractivity contribution < 1.29 is 25.2 Å². The average Bonchev–Trinajstić information content (AvgIpc) is 2.23. The molecule has 0 saturated heterocycles. The summed E-state index contributed by atoms with van der Waals surface area (Å²) in [7, 11) is 0. The minimum Gasteiger partial charge on any atom is -0.508 e. The molecule has 1 rings (SSSR count). The zero-order chi connectivity index (χ0) is 13.9. The summed E-state index contributed by atoms with van der Waals surface area (Å²) >= 11 is 0. The molecule has 2 unspecified atom stereocenters. The Balaban J connectivity index is 3.20. The molecule has 0 aromatic heterocycles. The summed E-state index contributed by atoms with van der Waals surface area (Å²) in [4.78, 5) is 11.2. The number of aliphatic hydroxyl groups is 1. The summed E-state index contributed by atoms with van der Waals surface area (Å²) < 4.78 is 0. The van der Waals surface area contributed by atoms with Crippen molar-refractivity contribution in [1.82, 2.24) is 0 Å². The lowest BCUT2D eigenvalue weighted by Crippen LogP contribution is -2.37. The van der Waals surface area contributed by atoms with Crippen LogP contribution in [0.15, 0.2) is 18.2 Å². The van der Waals surface area contributed by atoms with Crippen LogP contribution in [0.3, 0.4) is 0 Å². The van der Waals surface area contributed by atoms with Gasteiger partial charge in [0.15, 0.2) is 0 Å². The third-order valence-corrected chi connectivity index (χ3v) is 3.04. The second kappa shape index (κ2) is 5.27. The van der Waals surface area contributed by atoms with Gasteiger partial charge in [-0.05, 0) is 31.0 Å². The molecular weight excluding hydrogens is 236 g/mol. The summed E-state index contributed by atoms with van der Waals surface area (Å²) in [5, 5.41) is 38.3.